The molecule has 0 fully saturated rings. The van der Waals surface area contributed by atoms with Gasteiger partial charge in [-0.2, -0.15) is 0 Å². The van der Waals surface area contributed by atoms with Crippen molar-refractivity contribution in [1.29, 1.82) is 0 Å². The van der Waals surface area contributed by atoms with Gasteiger partial charge in [0.25, 0.3) is 0 Å². The van der Waals surface area contributed by atoms with E-state index < -0.39 is 10.0 Å². The van der Waals surface area contributed by atoms with E-state index in [9.17, 15) is 8.42 Å². The van der Waals surface area contributed by atoms with Crippen LogP contribution in [-0.2, 0) is 16.6 Å². The van der Waals surface area contributed by atoms with Crippen LogP contribution in [0, 0.1) is 6.92 Å². The molecule has 1 aromatic heterocycles. The largest absolute Gasteiger partial charge is 0.359 e. The van der Waals surface area contributed by atoms with Crippen LogP contribution in [-0.4, -0.2) is 13.4 Å². The zero-order chi connectivity index (χ0) is 15.7. The maximum Gasteiger partial charge on any atom is 0.240 e. The Morgan fingerprint density at radius 2 is 1.82 bits per heavy atom. The summed E-state index contributed by atoms with van der Waals surface area (Å²) in [6.45, 7) is 2.26. The van der Waals surface area contributed by atoms with Gasteiger partial charge in [0.15, 0.2) is 0 Å². The summed E-state index contributed by atoms with van der Waals surface area (Å²) in [6, 6.07) is 14.5. The molecule has 0 atom stereocenters. The van der Waals surface area contributed by atoms with Crippen LogP contribution >= 0.6 is 15.9 Å². The minimum Gasteiger partial charge on any atom is -0.359 e. The van der Waals surface area contributed by atoms with Gasteiger partial charge < -0.3 is 4.98 Å². The van der Waals surface area contributed by atoms with E-state index in [1.54, 1.807) is 24.3 Å². The van der Waals surface area contributed by atoms with Crippen molar-refractivity contribution in [1.82, 2.24) is 9.71 Å². The minimum atomic E-state index is -3.50. The molecule has 4 nitrogen and oxygen atoms in total. The van der Waals surface area contributed by atoms with Crippen molar-refractivity contribution in [3.8, 4) is 0 Å². The summed E-state index contributed by atoms with van der Waals surface area (Å²) in [5.74, 6) is 0. The van der Waals surface area contributed by atoms with E-state index in [2.05, 4.69) is 25.6 Å². The Morgan fingerprint density at radius 1 is 1.09 bits per heavy atom. The number of benzene rings is 2. The topological polar surface area (TPSA) is 62.0 Å². The Bertz CT molecular complexity index is 915. The van der Waals surface area contributed by atoms with E-state index in [1.807, 2.05) is 31.2 Å². The van der Waals surface area contributed by atoms with Crippen molar-refractivity contribution < 1.29 is 8.42 Å². The van der Waals surface area contributed by atoms with Gasteiger partial charge in [-0.15, -0.1) is 0 Å². The Hall–Kier alpha value is -1.63. The number of halogens is 1. The lowest BCUT2D eigenvalue weighted by atomic mass is 10.1. The van der Waals surface area contributed by atoms with Crippen LogP contribution in [0.2, 0.25) is 0 Å². The third-order valence-electron chi connectivity index (χ3n) is 3.41. The van der Waals surface area contributed by atoms with Gasteiger partial charge in [0.05, 0.1) is 4.90 Å². The SMILES string of the molecule is Cc1cc2cc(CNS(=O)(=O)c3ccc(Br)cc3)ccc2[nH]1. The van der Waals surface area contributed by atoms with Crippen LogP contribution in [0.25, 0.3) is 10.9 Å². The first-order valence-electron chi connectivity index (χ1n) is 6.77. The zero-order valence-electron chi connectivity index (χ0n) is 11.9. The molecule has 0 aliphatic heterocycles. The molecule has 3 rings (SSSR count). The molecule has 0 radical (unpaired) electrons. The fourth-order valence-corrected chi connectivity index (χ4v) is 3.59. The summed E-state index contributed by atoms with van der Waals surface area (Å²) < 4.78 is 28.0. The summed E-state index contributed by atoms with van der Waals surface area (Å²) >= 11 is 3.29. The first kappa shape index (κ1) is 15.3. The highest BCUT2D eigenvalue weighted by molar-refractivity contribution is 9.10. The van der Waals surface area contributed by atoms with Crippen LogP contribution in [0.1, 0.15) is 11.3 Å². The van der Waals surface area contributed by atoms with E-state index >= 15 is 0 Å². The molecule has 0 aliphatic carbocycles. The van der Waals surface area contributed by atoms with Gasteiger partial charge in [0, 0.05) is 22.2 Å². The maximum atomic E-state index is 12.3. The predicted octanol–water partition coefficient (Wildman–Crippen LogP) is 3.72. The standard InChI is InChI=1S/C16H15BrN2O2S/c1-11-8-13-9-12(2-7-16(13)19-11)10-18-22(20,21)15-5-3-14(17)4-6-15/h2-9,18-19H,10H2,1H3. The number of aromatic amines is 1. The first-order valence-corrected chi connectivity index (χ1v) is 9.05. The number of H-pyrrole nitrogens is 1. The minimum absolute atomic E-state index is 0.259. The van der Waals surface area contributed by atoms with Gasteiger partial charge in [-0.05, 0) is 60.3 Å². The Kier molecular flexibility index (Phi) is 4.08. The monoisotopic (exact) mass is 378 g/mol. The molecule has 1 heterocycles. The van der Waals surface area contributed by atoms with Crippen LogP contribution in [0.5, 0.6) is 0 Å². The molecule has 22 heavy (non-hydrogen) atoms. The Labute approximate surface area is 137 Å². The summed E-state index contributed by atoms with van der Waals surface area (Å²) in [4.78, 5) is 3.50. The molecule has 0 bridgehead atoms. The molecule has 0 aliphatic rings. The highest BCUT2D eigenvalue weighted by atomic mass is 79.9. The summed E-state index contributed by atoms with van der Waals surface area (Å²) in [7, 11) is -3.50. The van der Waals surface area contributed by atoms with Gasteiger partial charge >= 0.3 is 0 Å². The van der Waals surface area contributed by atoms with Crippen molar-refractivity contribution >= 4 is 36.9 Å². The number of sulfonamides is 1. The quantitative estimate of drug-likeness (QED) is 0.726. The normalized spacial score (nSPS) is 11.9. The smallest absolute Gasteiger partial charge is 0.240 e. The summed E-state index contributed by atoms with van der Waals surface area (Å²) in [5.41, 5.74) is 3.06. The van der Waals surface area contributed by atoms with Crippen molar-refractivity contribution in [3.63, 3.8) is 0 Å². The van der Waals surface area contributed by atoms with Crippen molar-refractivity contribution in [3.05, 3.63) is 64.3 Å². The lowest BCUT2D eigenvalue weighted by molar-refractivity contribution is 0.581. The summed E-state index contributed by atoms with van der Waals surface area (Å²) in [6.07, 6.45) is 0. The molecule has 3 aromatic rings. The lowest BCUT2D eigenvalue weighted by Gasteiger charge is -2.07. The average Bonchev–Trinajstić information content (AvgIpc) is 2.85. The van der Waals surface area contributed by atoms with Crippen LogP contribution in [0.15, 0.2) is 57.9 Å². The highest BCUT2D eigenvalue weighted by Gasteiger charge is 2.13. The second-order valence-corrected chi connectivity index (χ2v) is 7.84. The van der Waals surface area contributed by atoms with E-state index in [0.29, 0.717) is 0 Å². The first-order chi connectivity index (χ1) is 10.4. The van der Waals surface area contributed by atoms with Crippen molar-refractivity contribution in [2.24, 2.45) is 0 Å². The number of hydrogen-bond acceptors (Lipinski definition) is 2. The fourth-order valence-electron chi connectivity index (χ4n) is 2.31. The number of aromatic nitrogens is 1. The lowest BCUT2D eigenvalue weighted by Crippen LogP contribution is -2.23. The second-order valence-electron chi connectivity index (χ2n) is 5.15. The van der Waals surface area contributed by atoms with E-state index in [0.717, 1.165) is 26.6 Å². The van der Waals surface area contributed by atoms with Crippen molar-refractivity contribution in [2.75, 3.05) is 0 Å². The molecular formula is C16H15BrN2O2S. The van der Waals surface area contributed by atoms with Crippen molar-refractivity contribution in [2.45, 2.75) is 18.4 Å². The third-order valence-corrected chi connectivity index (χ3v) is 5.36. The third kappa shape index (κ3) is 3.24. The van der Waals surface area contributed by atoms with E-state index in [-0.39, 0.29) is 11.4 Å². The van der Waals surface area contributed by atoms with Gasteiger partial charge in [-0.3, -0.25) is 0 Å². The molecule has 2 aromatic carbocycles. The fraction of sp³-hybridized carbons (Fsp3) is 0.125. The molecule has 6 heteroatoms. The molecule has 0 amide bonds. The second kappa shape index (κ2) is 5.87. The van der Waals surface area contributed by atoms with Gasteiger partial charge in [-0.1, -0.05) is 22.0 Å². The van der Waals surface area contributed by atoms with E-state index in [1.165, 1.54) is 0 Å². The maximum absolute atomic E-state index is 12.3. The number of rotatable bonds is 4. The molecule has 0 unspecified atom stereocenters. The molecule has 2 N–H and O–H groups in total. The molecular weight excluding hydrogens is 364 g/mol. The Balaban J connectivity index is 1.78. The number of hydrogen-bond donors (Lipinski definition) is 2. The zero-order valence-corrected chi connectivity index (χ0v) is 14.3. The average molecular weight is 379 g/mol. The molecule has 0 saturated heterocycles. The van der Waals surface area contributed by atoms with Gasteiger partial charge in [-0.25, -0.2) is 13.1 Å². The van der Waals surface area contributed by atoms with Gasteiger partial charge in [0.2, 0.25) is 10.0 Å². The highest BCUT2D eigenvalue weighted by Crippen LogP contribution is 2.18. The molecule has 0 saturated carbocycles. The van der Waals surface area contributed by atoms with Gasteiger partial charge in [0.1, 0.15) is 0 Å². The number of nitrogens with one attached hydrogen (secondary N) is 2. The van der Waals surface area contributed by atoms with Crippen LogP contribution in [0.4, 0.5) is 0 Å². The molecule has 0 spiro atoms. The Morgan fingerprint density at radius 3 is 2.55 bits per heavy atom. The van der Waals surface area contributed by atoms with Crippen LogP contribution < -0.4 is 4.72 Å². The molecule has 114 valence electrons. The summed E-state index contributed by atoms with van der Waals surface area (Å²) in [5, 5.41) is 1.08. The van der Waals surface area contributed by atoms with Crippen LogP contribution in [0.3, 0.4) is 0 Å². The predicted molar refractivity (Wildman–Crippen MR) is 91.2 cm³/mol. The number of fused-ring (bicyclic) bond motifs is 1. The number of aryl methyl sites for hydroxylation is 1. The van der Waals surface area contributed by atoms with E-state index in [4.69, 9.17) is 0 Å².